The third-order valence-corrected chi connectivity index (χ3v) is 4.77. The zero-order chi connectivity index (χ0) is 13.2. The van der Waals surface area contributed by atoms with Crippen molar-refractivity contribution in [3.05, 3.63) is 0 Å². The van der Waals surface area contributed by atoms with Gasteiger partial charge in [0.1, 0.15) is 5.54 Å². The number of carboxylic acids is 1. The molecule has 18 heavy (non-hydrogen) atoms. The van der Waals surface area contributed by atoms with Gasteiger partial charge in [-0.25, -0.2) is 0 Å². The highest BCUT2D eigenvalue weighted by molar-refractivity contribution is 5.78. The molecule has 3 atom stereocenters. The molecular formula is C14H26N2O2. The molecule has 1 saturated carbocycles. The SMILES string of the molecule is CCNC(C)(CCN1CC2CCCC2C1)C(=O)O. The average Bonchev–Trinajstić information content (AvgIpc) is 2.86. The van der Waals surface area contributed by atoms with E-state index in [9.17, 15) is 9.90 Å². The molecule has 2 rings (SSSR count). The molecule has 2 fully saturated rings. The summed E-state index contributed by atoms with van der Waals surface area (Å²) in [5.41, 5.74) is -0.771. The van der Waals surface area contributed by atoms with Gasteiger partial charge in [0.15, 0.2) is 0 Å². The van der Waals surface area contributed by atoms with E-state index < -0.39 is 11.5 Å². The van der Waals surface area contributed by atoms with Crippen molar-refractivity contribution >= 4 is 5.97 Å². The highest BCUT2D eigenvalue weighted by atomic mass is 16.4. The summed E-state index contributed by atoms with van der Waals surface area (Å²) >= 11 is 0. The maximum absolute atomic E-state index is 11.3. The van der Waals surface area contributed by atoms with Gasteiger partial charge in [-0.05, 0) is 44.6 Å². The van der Waals surface area contributed by atoms with Gasteiger partial charge in [0, 0.05) is 19.6 Å². The Labute approximate surface area is 110 Å². The number of nitrogens with one attached hydrogen (secondary N) is 1. The van der Waals surface area contributed by atoms with Crippen molar-refractivity contribution in [2.45, 2.75) is 45.1 Å². The van der Waals surface area contributed by atoms with E-state index in [1.165, 1.54) is 32.4 Å². The molecule has 0 aromatic carbocycles. The second-order valence-corrected chi connectivity index (χ2v) is 6.13. The van der Waals surface area contributed by atoms with Gasteiger partial charge in [-0.15, -0.1) is 0 Å². The zero-order valence-corrected chi connectivity index (χ0v) is 11.6. The van der Waals surface area contributed by atoms with Crippen molar-refractivity contribution < 1.29 is 9.90 Å². The summed E-state index contributed by atoms with van der Waals surface area (Å²) in [5, 5.41) is 12.4. The molecule has 0 radical (unpaired) electrons. The number of likely N-dealkylation sites (N-methyl/N-ethyl adjacent to an activating group) is 1. The highest BCUT2D eigenvalue weighted by Crippen LogP contribution is 2.37. The maximum atomic E-state index is 11.3. The van der Waals surface area contributed by atoms with Gasteiger partial charge in [0.05, 0.1) is 0 Å². The number of aliphatic carboxylic acids is 1. The van der Waals surface area contributed by atoms with E-state index >= 15 is 0 Å². The van der Waals surface area contributed by atoms with Crippen LogP contribution >= 0.6 is 0 Å². The van der Waals surface area contributed by atoms with Crippen molar-refractivity contribution in [1.29, 1.82) is 0 Å². The molecular weight excluding hydrogens is 228 g/mol. The average molecular weight is 254 g/mol. The molecule has 0 aromatic rings. The fourth-order valence-corrected chi connectivity index (χ4v) is 3.56. The smallest absolute Gasteiger partial charge is 0.323 e. The molecule has 1 aliphatic heterocycles. The molecule has 0 aromatic heterocycles. The zero-order valence-electron chi connectivity index (χ0n) is 11.6. The van der Waals surface area contributed by atoms with Crippen molar-refractivity contribution in [3.8, 4) is 0 Å². The second kappa shape index (κ2) is 5.57. The number of nitrogens with zero attached hydrogens (tertiary/aromatic N) is 1. The van der Waals surface area contributed by atoms with Crippen LogP contribution in [0.3, 0.4) is 0 Å². The van der Waals surface area contributed by atoms with Crippen molar-refractivity contribution in [2.75, 3.05) is 26.2 Å². The highest BCUT2D eigenvalue weighted by Gasteiger charge is 2.38. The van der Waals surface area contributed by atoms with Gasteiger partial charge >= 0.3 is 5.97 Å². The maximum Gasteiger partial charge on any atom is 0.323 e. The van der Waals surface area contributed by atoms with Crippen LogP contribution in [-0.2, 0) is 4.79 Å². The van der Waals surface area contributed by atoms with Crippen LogP contribution in [0, 0.1) is 11.8 Å². The van der Waals surface area contributed by atoms with E-state index in [-0.39, 0.29) is 0 Å². The molecule has 4 heteroatoms. The fraction of sp³-hybridized carbons (Fsp3) is 0.929. The van der Waals surface area contributed by atoms with Gasteiger partial charge in [0.25, 0.3) is 0 Å². The van der Waals surface area contributed by atoms with E-state index in [1.807, 2.05) is 6.92 Å². The van der Waals surface area contributed by atoms with E-state index in [4.69, 9.17) is 0 Å². The minimum absolute atomic E-state index is 0.690. The number of carboxylic acid groups (broad SMARTS) is 1. The van der Waals surface area contributed by atoms with Crippen LogP contribution < -0.4 is 5.32 Å². The molecule has 4 nitrogen and oxygen atoms in total. The third-order valence-electron chi connectivity index (χ3n) is 4.77. The van der Waals surface area contributed by atoms with Crippen LogP contribution in [0.4, 0.5) is 0 Å². The van der Waals surface area contributed by atoms with Crippen LogP contribution in [0.2, 0.25) is 0 Å². The Morgan fingerprint density at radius 3 is 2.50 bits per heavy atom. The molecule has 0 spiro atoms. The lowest BCUT2D eigenvalue weighted by Gasteiger charge is -2.28. The summed E-state index contributed by atoms with van der Waals surface area (Å²) in [6, 6.07) is 0. The summed E-state index contributed by atoms with van der Waals surface area (Å²) in [6.07, 6.45) is 4.85. The Bertz CT molecular complexity index is 296. The topological polar surface area (TPSA) is 52.6 Å². The standard InChI is InChI=1S/C14H26N2O2/c1-3-15-14(2,13(17)18)7-8-16-9-11-5-4-6-12(11)10-16/h11-12,15H,3-10H2,1-2H3,(H,17,18). The molecule has 2 N–H and O–H groups in total. The molecule has 0 bridgehead atoms. The molecule has 2 aliphatic rings. The van der Waals surface area contributed by atoms with Gasteiger partial charge in [-0.3, -0.25) is 4.79 Å². The summed E-state index contributed by atoms with van der Waals surface area (Å²) < 4.78 is 0. The van der Waals surface area contributed by atoms with Gasteiger partial charge < -0.3 is 15.3 Å². The van der Waals surface area contributed by atoms with E-state index in [1.54, 1.807) is 6.92 Å². The molecule has 0 amide bonds. The van der Waals surface area contributed by atoms with Crippen LogP contribution in [0.1, 0.15) is 39.5 Å². The Morgan fingerprint density at radius 2 is 2.00 bits per heavy atom. The lowest BCUT2D eigenvalue weighted by atomic mass is 9.97. The Kier molecular flexibility index (Phi) is 4.28. The first-order chi connectivity index (χ1) is 8.55. The van der Waals surface area contributed by atoms with Gasteiger partial charge in [-0.1, -0.05) is 13.3 Å². The quantitative estimate of drug-likeness (QED) is 0.755. The van der Waals surface area contributed by atoms with Gasteiger partial charge in [-0.2, -0.15) is 0 Å². The summed E-state index contributed by atoms with van der Waals surface area (Å²) in [6.45, 7) is 7.74. The minimum atomic E-state index is -0.771. The van der Waals surface area contributed by atoms with E-state index in [2.05, 4.69) is 10.2 Å². The summed E-state index contributed by atoms with van der Waals surface area (Å²) in [4.78, 5) is 13.8. The largest absolute Gasteiger partial charge is 0.480 e. The number of hydrogen-bond acceptors (Lipinski definition) is 3. The monoisotopic (exact) mass is 254 g/mol. The second-order valence-electron chi connectivity index (χ2n) is 6.13. The Hall–Kier alpha value is -0.610. The lowest BCUT2D eigenvalue weighted by molar-refractivity contribution is -0.144. The number of fused-ring (bicyclic) bond motifs is 1. The summed E-state index contributed by atoms with van der Waals surface area (Å²) in [5.74, 6) is 1.05. The normalized spacial score (nSPS) is 31.2. The van der Waals surface area contributed by atoms with Crippen molar-refractivity contribution in [1.82, 2.24) is 10.2 Å². The first kappa shape index (κ1) is 13.8. The van der Waals surface area contributed by atoms with E-state index in [0.717, 1.165) is 18.4 Å². The third kappa shape index (κ3) is 2.86. The Morgan fingerprint density at radius 1 is 1.39 bits per heavy atom. The number of hydrogen-bond donors (Lipinski definition) is 2. The molecule has 104 valence electrons. The fourth-order valence-electron chi connectivity index (χ4n) is 3.56. The van der Waals surface area contributed by atoms with E-state index in [0.29, 0.717) is 13.0 Å². The van der Waals surface area contributed by atoms with Crippen molar-refractivity contribution in [2.24, 2.45) is 11.8 Å². The first-order valence-corrected chi connectivity index (χ1v) is 7.26. The molecule has 1 saturated heterocycles. The number of likely N-dealkylation sites (tertiary alicyclic amines) is 1. The van der Waals surface area contributed by atoms with Crippen LogP contribution in [0.15, 0.2) is 0 Å². The number of carbonyl (C=O) groups is 1. The van der Waals surface area contributed by atoms with Gasteiger partial charge in [0.2, 0.25) is 0 Å². The predicted molar refractivity (Wildman–Crippen MR) is 71.6 cm³/mol. The van der Waals surface area contributed by atoms with Crippen LogP contribution in [0.5, 0.6) is 0 Å². The predicted octanol–water partition coefficient (Wildman–Crippen LogP) is 1.56. The van der Waals surface area contributed by atoms with Crippen LogP contribution in [-0.4, -0.2) is 47.7 Å². The van der Waals surface area contributed by atoms with Crippen LogP contribution in [0.25, 0.3) is 0 Å². The molecule has 1 heterocycles. The minimum Gasteiger partial charge on any atom is -0.480 e. The van der Waals surface area contributed by atoms with Crippen molar-refractivity contribution in [3.63, 3.8) is 0 Å². The molecule has 3 unspecified atom stereocenters. The Balaban J connectivity index is 1.82. The molecule has 1 aliphatic carbocycles. The first-order valence-electron chi connectivity index (χ1n) is 7.26. The summed E-state index contributed by atoms with van der Waals surface area (Å²) in [7, 11) is 0. The lowest BCUT2D eigenvalue weighted by Crippen LogP contribution is -2.51. The number of rotatable bonds is 6.